The van der Waals surface area contributed by atoms with Gasteiger partial charge < -0.3 is 4.74 Å². The summed E-state index contributed by atoms with van der Waals surface area (Å²) in [6, 6.07) is 9.75. The molecule has 1 radical (unpaired) electrons. The van der Waals surface area contributed by atoms with E-state index in [0.717, 1.165) is 5.75 Å². The van der Waals surface area contributed by atoms with Crippen LogP contribution in [0.3, 0.4) is 0 Å². The molecule has 1 rings (SSSR count). The Balaban J connectivity index is 2.33. The average Bonchev–Trinajstić information content (AvgIpc) is 2.14. The van der Waals surface area contributed by atoms with Crippen molar-refractivity contribution in [3.8, 4) is 17.2 Å². The van der Waals surface area contributed by atoms with Gasteiger partial charge in [-0.3, -0.25) is 0 Å². The third-order valence-corrected chi connectivity index (χ3v) is 2.07. The van der Waals surface area contributed by atoms with Gasteiger partial charge in [-0.1, -0.05) is 37.2 Å². The Morgan fingerprint density at radius 3 is 2.54 bits per heavy atom. The van der Waals surface area contributed by atoms with Crippen LogP contribution in [0.5, 0.6) is 5.75 Å². The van der Waals surface area contributed by atoms with Gasteiger partial charge >= 0.3 is 0 Å². The molecule has 1 aromatic carbocycles. The van der Waals surface area contributed by atoms with Gasteiger partial charge in [0.1, 0.15) is 21.2 Å². The highest BCUT2D eigenvalue weighted by Crippen LogP contribution is 2.07. The Labute approximate surface area is 81.3 Å². The minimum atomic E-state index is -0.430. The second kappa shape index (κ2) is 5.44. The quantitative estimate of drug-likeness (QED) is 0.512. The summed E-state index contributed by atoms with van der Waals surface area (Å²) in [7, 11) is -0.430. The van der Waals surface area contributed by atoms with Crippen LogP contribution in [0.25, 0.3) is 0 Å². The second-order valence-electron chi connectivity index (χ2n) is 2.90. The molecule has 2 heteroatoms. The van der Waals surface area contributed by atoms with Crippen LogP contribution in [0.4, 0.5) is 0 Å². The first-order valence-corrected chi connectivity index (χ1v) is 6.76. The van der Waals surface area contributed by atoms with E-state index in [0.29, 0.717) is 6.61 Å². The van der Waals surface area contributed by atoms with Crippen LogP contribution in [0, 0.1) is 11.5 Å². The molecule has 0 N–H and O–H groups in total. The number of hydrogen-bond donors (Lipinski definition) is 0. The number of rotatable bonds is 2. The van der Waals surface area contributed by atoms with E-state index >= 15 is 0 Å². The van der Waals surface area contributed by atoms with E-state index in [9.17, 15) is 0 Å². The second-order valence-corrected chi connectivity index (χ2v) is 5.15. The van der Waals surface area contributed by atoms with Crippen LogP contribution >= 0.6 is 0 Å². The van der Waals surface area contributed by atoms with Crippen molar-refractivity contribution < 1.29 is 4.74 Å². The molecular formula is C11H13OSi. The summed E-state index contributed by atoms with van der Waals surface area (Å²) in [4.78, 5) is 0. The number of ether oxygens (including phenoxy) is 1. The average molecular weight is 189 g/mol. The Kier molecular flexibility index (Phi) is 4.14. The molecule has 0 bridgehead atoms. The molecule has 0 spiro atoms. The molecule has 13 heavy (non-hydrogen) atoms. The van der Waals surface area contributed by atoms with Gasteiger partial charge in [-0.05, 0) is 12.1 Å². The zero-order chi connectivity index (χ0) is 9.52. The molecular weight excluding hydrogens is 176 g/mol. The van der Waals surface area contributed by atoms with Gasteiger partial charge in [0, 0.05) is 0 Å². The van der Waals surface area contributed by atoms with Crippen molar-refractivity contribution in [3.05, 3.63) is 30.3 Å². The molecule has 0 aliphatic rings. The summed E-state index contributed by atoms with van der Waals surface area (Å²) in [5.74, 6) is 3.89. The first-order chi connectivity index (χ1) is 6.29. The van der Waals surface area contributed by atoms with Crippen LogP contribution in [-0.2, 0) is 0 Å². The maximum Gasteiger partial charge on any atom is 0.148 e. The fourth-order valence-corrected chi connectivity index (χ4v) is 1.27. The van der Waals surface area contributed by atoms with Gasteiger partial charge in [0.25, 0.3) is 0 Å². The predicted octanol–water partition coefficient (Wildman–Crippen LogP) is 2.36. The molecule has 0 atom stereocenters. The molecule has 1 aromatic rings. The van der Waals surface area contributed by atoms with Crippen LogP contribution in [0.15, 0.2) is 30.3 Å². The van der Waals surface area contributed by atoms with E-state index in [-0.39, 0.29) is 0 Å². The maximum atomic E-state index is 5.40. The monoisotopic (exact) mass is 189 g/mol. The van der Waals surface area contributed by atoms with Gasteiger partial charge in [-0.25, -0.2) is 0 Å². The first-order valence-electron chi connectivity index (χ1n) is 4.26. The van der Waals surface area contributed by atoms with Gasteiger partial charge in [0.05, 0.1) is 0 Å². The van der Waals surface area contributed by atoms with E-state index in [1.54, 1.807) is 0 Å². The van der Waals surface area contributed by atoms with Crippen LogP contribution < -0.4 is 4.74 Å². The molecule has 0 aliphatic carbocycles. The Bertz CT molecular complexity index is 295. The van der Waals surface area contributed by atoms with Crippen molar-refractivity contribution in [2.24, 2.45) is 0 Å². The van der Waals surface area contributed by atoms with E-state index in [4.69, 9.17) is 4.74 Å². The Hall–Kier alpha value is -1.20. The van der Waals surface area contributed by atoms with Crippen LogP contribution in [0.1, 0.15) is 0 Å². The SMILES string of the molecule is C[Si](C)C#CCOc1ccccc1. The molecule has 0 fully saturated rings. The predicted molar refractivity (Wildman–Crippen MR) is 57.2 cm³/mol. The lowest BCUT2D eigenvalue weighted by atomic mass is 10.3. The fourth-order valence-electron chi connectivity index (χ4n) is 0.849. The lowest BCUT2D eigenvalue weighted by Crippen LogP contribution is -1.98. The van der Waals surface area contributed by atoms with Crippen LogP contribution in [-0.4, -0.2) is 15.4 Å². The van der Waals surface area contributed by atoms with Crippen molar-refractivity contribution in [2.75, 3.05) is 6.61 Å². The van der Waals surface area contributed by atoms with E-state index in [1.807, 2.05) is 30.3 Å². The fraction of sp³-hybridized carbons (Fsp3) is 0.273. The summed E-state index contributed by atoms with van der Waals surface area (Å²) in [6.45, 7) is 4.83. The van der Waals surface area contributed by atoms with Crippen molar-refractivity contribution in [1.29, 1.82) is 0 Å². The summed E-state index contributed by atoms with van der Waals surface area (Å²) >= 11 is 0. The molecule has 67 valence electrons. The Morgan fingerprint density at radius 2 is 1.92 bits per heavy atom. The topological polar surface area (TPSA) is 9.23 Å². The van der Waals surface area contributed by atoms with E-state index in [1.165, 1.54) is 0 Å². The van der Waals surface area contributed by atoms with Gasteiger partial charge in [-0.2, -0.15) is 0 Å². The first kappa shape index (κ1) is 9.88. The summed E-state index contributed by atoms with van der Waals surface area (Å²) in [5, 5.41) is 0. The molecule has 0 aliphatic heterocycles. The normalized spacial score (nSPS) is 9.15. The lowest BCUT2D eigenvalue weighted by molar-refractivity contribution is 0.370. The zero-order valence-corrected chi connectivity index (χ0v) is 9.00. The van der Waals surface area contributed by atoms with Gasteiger partial charge in [-0.15, -0.1) is 5.54 Å². The van der Waals surface area contributed by atoms with Crippen molar-refractivity contribution >= 4 is 8.80 Å². The zero-order valence-electron chi connectivity index (χ0n) is 8.00. The Morgan fingerprint density at radius 1 is 1.23 bits per heavy atom. The highest BCUT2D eigenvalue weighted by molar-refractivity contribution is 6.64. The van der Waals surface area contributed by atoms with Crippen molar-refractivity contribution in [1.82, 2.24) is 0 Å². The molecule has 0 saturated carbocycles. The molecule has 0 heterocycles. The number of benzene rings is 1. The maximum absolute atomic E-state index is 5.40. The third-order valence-electron chi connectivity index (χ3n) is 1.39. The third kappa shape index (κ3) is 4.39. The van der Waals surface area contributed by atoms with Crippen molar-refractivity contribution in [3.63, 3.8) is 0 Å². The summed E-state index contributed by atoms with van der Waals surface area (Å²) in [6.07, 6.45) is 0. The summed E-state index contributed by atoms with van der Waals surface area (Å²) < 4.78 is 5.40. The molecule has 0 amide bonds. The van der Waals surface area contributed by atoms with Crippen LogP contribution in [0.2, 0.25) is 13.1 Å². The molecule has 0 unspecified atom stereocenters. The highest BCUT2D eigenvalue weighted by Gasteiger charge is 1.88. The number of para-hydroxylation sites is 1. The largest absolute Gasteiger partial charge is 0.481 e. The van der Waals surface area contributed by atoms with E-state index in [2.05, 4.69) is 24.6 Å². The smallest absolute Gasteiger partial charge is 0.148 e. The highest BCUT2D eigenvalue weighted by atomic mass is 28.3. The standard InChI is InChI=1S/C11H13OSi/c1-13(2)10-6-9-12-11-7-4-3-5-8-11/h3-5,7-8H,9H2,1-2H3. The number of hydrogen-bond acceptors (Lipinski definition) is 1. The molecule has 0 saturated heterocycles. The molecule has 0 aromatic heterocycles. The minimum Gasteiger partial charge on any atom is -0.481 e. The lowest BCUT2D eigenvalue weighted by Gasteiger charge is -1.99. The minimum absolute atomic E-state index is 0.430. The summed E-state index contributed by atoms with van der Waals surface area (Å²) in [5.41, 5.74) is 3.14. The van der Waals surface area contributed by atoms with Crippen molar-refractivity contribution in [2.45, 2.75) is 13.1 Å². The molecule has 1 nitrogen and oxygen atoms in total. The van der Waals surface area contributed by atoms with Gasteiger partial charge in [0.15, 0.2) is 0 Å². The van der Waals surface area contributed by atoms with E-state index < -0.39 is 8.80 Å². The van der Waals surface area contributed by atoms with Gasteiger partial charge in [0.2, 0.25) is 0 Å².